The first kappa shape index (κ1) is 14.8. The molecule has 3 rings (SSSR count). The summed E-state index contributed by atoms with van der Waals surface area (Å²) < 4.78 is 0.862. The third-order valence-corrected chi connectivity index (χ3v) is 4.82. The van der Waals surface area contributed by atoms with E-state index in [-0.39, 0.29) is 18.5 Å². The fraction of sp³-hybridized carbons (Fsp3) is 0.429. The van der Waals surface area contributed by atoms with Crippen molar-refractivity contribution in [2.24, 2.45) is 0 Å². The van der Waals surface area contributed by atoms with Gasteiger partial charge >= 0.3 is 6.03 Å². The normalized spacial score (nSPS) is 25.5. The Bertz CT molecular complexity index is 602. The third-order valence-electron chi connectivity index (χ3n) is 3.97. The van der Waals surface area contributed by atoms with E-state index < -0.39 is 5.54 Å². The molecule has 0 bridgehead atoms. The summed E-state index contributed by atoms with van der Waals surface area (Å²) in [6.07, 6.45) is 1.55. The van der Waals surface area contributed by atoms with E-state index in [9.17, 15) is 9.59 Å². The molecule has 2 fully saturated rings. The van der Waals surface area contributed by atoms with Gasteiger partial charge in [0.1, 0.15) is 5.54 Å². The van der Waals surface area contributed by atoms with Crippen molar-refractivity contribution in [3.8, 4) is 0 Å². The maximum absolute atomic E-state index is 12.6. The number of nitrogens with zero attached hydrogens (tertiary/aromatic N) is 1. The summed E-state index contributed by atoms with van der Waals surface area (Å²) in [5.41, 5.74) is -0.0267. The Morgan fingerprint density at radius 2 is 2.19 bits per heavy atom. The van der Waals surface area contributed by atoms with Crippen LogP contribution in [0.25, 0.3) is 0 Å². The summed E-state index contributed by atoms with van der Waals surface area (Å²) in [7, 11) is 0. The second-order valence-corrected chi connectivity index (χ2v) is 6.74. The second-order valence-electron chi connectivity index (χ2n) is 5.42. The standard InChI is InChI=1S/C14H15BrClN3O2/c15-10-3-2-9(11(16)6-10)7-19-12(20)14(18-13(19)21)4-1-5-17-8-14/h2-3,6,17H,1,4-5,7-8H2,(H,18,21). The molecule has 0 aromatic heterocycles. The lowest BCUT2D eigenvalue weighted by Gasteiger charge is -2.31. The number of urea groups is 1. The van der Waals surface area contributed by atoms with Crippen molar-refractivity contribution in [1.29, 1.82) is 0 Å². The summed E-state index contributed by atoms with van der Waals surface area (Å²) in [5, 5.41) is 6.55. The van der Waals surface area contributed by atoms with Crippen LogP contribution in [-0.4, -0.2) is 35.5 Å². The number of amides is 3. The van der Waals surface area contributed by atoms with Crippen LogP contribution in [0.1, 0.15) is 18.4 Å². The zero-order chi connectivity index (χ0) is 15.0. The molecule has 7 heteroatoms. The average Bonchev–Trinajstić information content (AvgIpc) is 2.67. The fourth-order valence-corrected chi connectivity index (χ4v) is 3.57. The van der Waals surface area contributed by atoms with Crippen LogP contribution in [0.4, 0.5) is 4.79 Å². The number of carbonyl (C=O) groups is 2. The Morgan fingerprint density at radius 1 is 1.38 bits per heavy atom. The number of hydrogen-bond acceptors (Lipinski definition) is 3. The first-order chi connectivity index (χ1) is 10.0. The molecule has 5 nitrogen and oxygen atoms in total. The van der Waals surface area contributed by atoms with Crippen molar-refractivity contribution in [2.45, 2.75) is 24.9 Å². The molecule has 0 saturated carbocycles. The molecule has 112 valence electrons. The molecule has 1 spiro atoms. The van der Waals surface area contributed by atoms with Gasteiger partial charge in [-0.25, -0.2) is 4.79 Å². The molecule has 2 N–H and O–H groups in total. The number of rotatable bonds is 2. The number of halogens is 2. The first-order valence-electron chi connectivity index (χ1n) is 6.81. The van der Waals surface area contributed by atoms with Crippen LogP contribution >= 0.6 is 27.5 Å². The van der Waals surface area contributed by atoms with E-state index in [0.717, 1.165) is 23.0 Å². The summed E-state index contributed by atoms with van der Waals surface area (Å²) in [6.45, 7) is 1.56. The molecule has 1 unspecified atom stereocenters. The lowest BCUT2D eigenvalue weighted by atomic mass is 9.90. The minimum absolute atomic E-state index is 0.168. The Labute approximate surface area is 136 Å². The van der Waals surface area contributed by atoms with Gasteiger partial charge in [0.25, 0.3) is 5.91 Å². The molecule has 2 aliphatic heterocycles. The third kappa shape index (κ3) is 2.67. The lowest BCUT2D eigenvalue weighted by Crippen LogP contribution is -2.57. The molecule has 0 radical (unpaired) electrons. The molecule has 3 amide bonds. The van der Waals surface area contributed by atoms with Gasteiger partial charge in [-0.2, -0.15) is 0 Å². The predicted molar refractivity (Wildman–Crippen MR) is 83.1 cm³/mol. The zero-order valence-corrected chi connectivity index (χ0v) is 13.6. The van der Waals surface area contributed by atoms with Crippen molar-refractivity contribution in [3.05, 3.63) is 33.3 Å². The predicted octanol–water partition coefficient (Wildman–Crippen LogP) is 2.28. The highest BCUT2D eigenvalue weighted by Crippen LogP contribution is 2.28. The Hall–Kier alpha value is -1.11. The number of piperidine rings is 1. The van der Waals surface area contributed by atoms with Gasteiger partial charge in [-0.1, -0.05) is 33.6 Å². The first-order valence-corrected chi connectivity index (χ1v) is 7.98. The molecule has 0 aliphatic carbocycles. The van der Waals surface area contributed by atoms with Crippen molar-refractivity contribution >= 4 is 39.5 Å². The molecular weight excluding hydrogens is 358 g/mol. The van der Waals surface area contributed by atoms with Gasteiger partial charge in [0.2, 0.25) is 0 Å². The smallest absolute Gasteiger partial charge is 0.322 e. The van der Waals surface area contributed by atoms with Crippen LogP contribution in [0.15, 0.2) is 22.7 Å². The van der Waals surface area contributed by atoms with Crippen molar-refractivity contribution < 1.29 is 9.59 Å². The molecule has 21 heavy (non-hydrogen) atoms. The van der Waals surface area contributed by atoms with Crippen molar-refractivity contribution in [1.82, 2.24) is 15.5 Å². The van der Waals surface area contributed by atoms with E-state index in [1.807, 2.05) is 12.1 Å². The molecule has 2 heterocycles. The van der Waals surface area contributed by atoms with E-state index in [2.05, 4.69) is 26.6 Å². The Kier molecular flexibility index (Phi) is 3.94. The van der Waals surface area contributed by atoms with E-state index >= 15 is 0 Å². The van der Waals surface area contributed by atoms with E-state index in [1.54, 1.807) is 6.07 Å². The molecular formula is C14H15BrClN3O2. The number of benzene rings is 1. The van der Waals surface area contributed by atoms with Crippen molar-refractivity contribution in [2.75, 3.05) is 13.1 Å². The second kappa shape index (κ2) is 5.59. The highest BCUT2D eigenvalue weighted by atomic mass is 79.9. The maximum Gasteiger partial charge on any atom is 0.325 e. The summed E-state index contributed by atoms with van der Waals surface area (Å²) in [6, 6.07) is 5.07. The molecule has 1 atom stereocenters. The van der Waals surface area contributed by atoms with Crippen LogP contribution < -0.4 is 10.6 Å². The van der Waals surface area contributed by atoms with Gasteiger partial charge in [0.15, 0.2) is 0 Å². The molecule has 2 saturated heterocycles. The fourth-order valence-electron chi connectivity index (χ4n) is 2.83. The van der Waals surface area contributed by atoms with E-state index in [1.165, 1.54) is 4.90 Å². The number of imide groups is 1. The zero-order valence-electron chi connectivity index (χ0n) is 11.3. The van der Waals surface area contributed by atoms with Gasteiger partial charge < -0.3 is 10.6 Å². The lowest BCUT2D eigenvalue weighted by molar-refractivity contribution is -0.132. The van der Waals surface area contributed by atoms with Crippen LogP contribution in [0.5, 0.6) is 0 Å². The minimum atomic E-state index is -0.781. The molecule has 2 aliphatic rings. The van der Waals surface area contributed by atoms with E-state index in [0.29, 0.717) is 18.0 Å². The topological polar surface area (TPSA) is 61.4 Å². The van der Waals surface area contributed by atoms with Crippen LogP contribution in [-0.2, 0) is 11.3 Å². The van der Waals surface area contributed by atoms with Crippen LogP contribution in [0, 0.1) is 0 Å². The van der Waals surface area contributed by atoms with E-state index in [4.69, 9.17) is 11.6 Å². The largest absolute Gasteiger partial charge is 0.325 e. The summed E-state index contributed by atoms with van der Waals surface area (Å²) >= 11 is 9.51. The minimum Gasteiger partial charge on any atom is -0.322 e. The molecule has 1 aromatic carbocycles. The van der Waals surface area contributed by atoms with Gasteiger partial charge in [0, 0.05) is 16.0 Å². The quantitative estimate of drug-likeness (QED) is 0.783. The summed E-state index contributed by atoms with van der Waals surface area (Å²) in [4.78, 5) is 26.0. The van der Waals surface area contributed by atoms with Gasteiger partial charge in [-0.3, -0.25) is 9.69 Å². The van der Waals surface area contributed by atoms with Gasteiger partial charge in [-0.15, -0.1) is 0 Å². The SMILES string of the molecule is O=C1NC2(CCCNC2)C(=O)N1Cc1ccc(Br)cc1Cl. The monoisotopic (exact) mass is 371 g/mol. The van der Waals surface area contributed by atoms with Gasteiger partial charge in [0.05, 0.1) is 6.54 Å². The number of hydrogen-bond donors (Lipinski definition) is 2. The highest BCUT2D eigenvalue weighted by molar-refractivity contribution is 9.10. The molecule has 1 aromatic rings. The van der Waals surface area contributed by atoms with Crippen molar-refractivity contribution in [3.63, 3.8) is 0 Å². The van der Waals surface area contributed by atoms with Crippen LogP contribution in [0.3, 0.4) is 0 Å². The summed E-state index contributed by atoms with van der Waals surface area (Å²) in [5.74, 6) is -0.168. The average molecular weight is 373 g/mol. The Morgan fingerprint density at radius 3 is 2.86 bits per heavy atom. The highest BCUT2D eigenvalue weighted by Gasteiger charge is 2.51. The maximum atomic E-state index is 12.6. The van der Waals surface area contributed by atoms with Crippen LogP contribution in [0.2, 0.25) is 5.02 Å². The Balaban J connectivity index is 1.82. The number of nitrogens with one attached hydrogen (secondary N) is 2. The van der Waals surface area contributed by atoms with Gasteiger partial charge in [-0.05, 0) is 37.1 Å². The number of carbonyl (C=O) groups excluding carboxylic acids is 2.